The number of hydrogen-bond donors (Lipinski definition) is 1. The second-order valence-electron chi connectivity index (χ2n) is 8.16. The van der Waals surface area contributed by atoms with Crippen molar-refractivity contribution in [1.82, 2.24) is 19.3 Å². The topological polar surface area (TPSA) is 90.0 Å². The number of aromatic nitrogens is 4. The summed E-state index contributed by atoms with van der Waals surface area (Å²) < 4.78 is 17.6. The van der Waals surface area contributed by atoms with Gasteiger partial charge in [0.15, 0.2) is 5.69 Å². The average molecular weight is 499 g/mol. The Morgan fingerprint density at radius 1 is 1.21 bits per heavy atom. The predicted molar refractivity (Wildman–Crippen MR) is 133 cm³/mol. The third-order valence-corrected chi connectivity index (χ3v) is 7.36. The maximum Gasteiger partial charge on any atom is 0.355 e. The molecule has 7 nitrogen and oxygen atoms in total. The zero-order chi connectivity index (χ0) is 24.7. The van der Waals surface area contributed by atoms with Gasteiger partial charge < -0.3 is 9.67 Å². The van der Waals surface area contributed by atoms with E-state index in [1.165, 1.54) is 38.8 Å². The molecule has 176 valence electrons. The highest BCUT2D eigenvalue weighted by Crippen LogP contribution is 2.40. The first-order valence-corrected chi connectivity index (χ1v) is 12.2. The molecular weight excluding hydrogens is 475 g/mol. The third-order valence-electron chi connectivity index (χ3n) is 5.12. The molecule has 0 aliphatic rings. The number of thioether (sulfide) groups is 1. The minimum atomic E-state index is -1.19. The van der Waals surface area contributed by atoms with E-state index in [1.807, 2.05) is 0 Å². The van der Waals surface area contributed by atoms with Gasteiger partial charge in [-0.2, -0.15) is 9.78 Å². The second kappa shape index (κ2) is 9.19. The van der Waals surface area contributed by atoms with Crippen molar-refractivity contribution in [1.29, 1.82) is 0 Å². The van der Waals surface area contributed by atoms with Gasteiger partial charge >= 0.3 is 5.97 Å². The largest absolute Gasteiger partial charge is 0.476 e. The van der Waals surface area contributed by atoms with E-state index in [2.05, 4.69) is 18.9 Å². The van der Waals surface area contributed by atoms with Crippen LogP contribution in [0.5, 0.6) is 0 Å². The van der Waals surface area contributed by atoms with Crippen LogP contribution in [0.4, 0.5) is 4.39 Å². The van der Waals surface area contributed by atoms with Crippen molar-refractivity contribution in [3.8, 4) is 27.5 Å². The summed E-state index contributed by atoms with van der Waals surface area (Å²) in [7, 11) is 1.69. The standard InChI is InChI=1S/C24H23FN4O3S2/c1-12(2)33-23-19(16-9-13(3)21(30)28(5)11-16)26-24(34-23)29-20(22(31)32)18(14(4)27-29)15-7-6-8-17(25)10-15/h6-12H,1-5H3,(H,31,32). The Bertz CT molecular complexity index is 1440. The molecule has 0 aliphatic heterocycles. The average Bonchev–Trinajstić information content (AvgIpc) is 3.32. The fraction of sp³-hybridized carbons (Fsp3) is 0.250. The maximum atomic E-state index is 13.9. The van der Waals surface area contributed by atoms with Crippen molar-refractivity contribution < 1.29 is 14.3 Å². The molecule has 0 radical (unpaired) electrons. The molecule has 4 rings (SSSR count). The zero-order valence-corrected chi connectivity index (χ0v) is 20.9. The van der Waals surface area contributed by atoms with E-state index in [0.717, 1.165) is 9.77 Å². The van der Waals surface area contributed by atoms with Gasteiger partial charge in [0.05, 0.1) is 15.6 Å². The maximum absolute atomic E-state index is 13.9. The first-order chi connectivity index (χ1) is 16.1. The molecule has 1 N–H and O–H groups in total. The lowest BCUT2D eigenvalue weighted by Gasteiger charge is -2.07. The summed E-state index contributed by atoms with van der Waals surface area (Å²) in [5.41, 5.74) is 3.07. The molecule has 0 bridgehead atoms. The van der Waals surface area contributed by atoms with E-state index >= 15 is 0 Å². The number of thiazole rings is 1. The molecule has 0 saturated heterocycles. The van der Waals surface area contributed by atoms with Gasteiger partial charge in [0.2, 0.25) is 5.13 Å². The SMILES string of the molecule is Cc1nn(-c2nc(-c3cc(C)c(=O)n(C)c3)c(SC(C)C)s2)c(C(=O)O)c1-c1cccc(F)c1. The summed E-state index contributed by atoms with van der Waals surface area (Å²) in [6, 6.07) is 7.58. The lowest BCUT2D eigenvalue weighted by atomic mass is 10.0. The predicted octanol–water partition coefficient (Wildman–Crippen LogP) is 5.32. The molecule has 0 aliphatic carbocycles. The lowest BCUT2D eigenvalue weighted by molar-refractivity contribution is 0.0688. The van der Waals surface area contributed by atoms with E-state index in [1.54, 1.807) is 51.0 Å². The number of benzene rings is 1. The van der Waals surface area contributed by atoms with Crippen LogP contribution in [0.15, 0.2) is 45.5 Å². The fourth-order valence-electron chi connectivity index (χ4n) is 3.72. The number of hydrogen-bond acceptors (Lipinski definition) is 6. The Morgan fingerprint density at radius 3 is 2.56 bits per heavy atom. The van der Waals surface area contributed by atoms with Crippen molar-refractivity contribution in [3.63, 3.8) is 0 Å². The van der Waals surface area contributed by atoms with Crippen LogP contribution in [0.2, 0.25) is 0 Å². The minimum Gasteiger partial charge on any atom is -0.476 e. The van der Waals surface area contributed by atoms with E-state index in [-0.39, 0.29) is 16.5 Å². The Morgan fingerprint density at radius 2 is 1.94 bits per heavy atom. The number of nitrogens with zero attached hydrogens (tertiary/aromatic N) is 4. The number of pyridine rings is 1. The molecule has 0 atom stereocenters. The van der Waals surface area contributed by atoms with Gasteiger partial charge in [-0.1, -0.05) is 37.3 Å². The Kier molecular flexibility index (Phi) is 6.46. The third kappa shape index (κ3) is 4.43. The number of carbonyl (C=O) groups is 1. The van der Waals surface area contributed by atoms with Crippen LogP contribution in [0.25, 0.3) is 27.5 Å². The van der Waals surface area contributed by atoms with Crippen molar-refractivity contribution in [2.45, 2.75) is 37.2 Å². The Balaban J connectivity index is 1.95. The Labute approximate surface area is 203 Å². The van der Waals surface area contributed by atoms with Gasteiger partial charge in [-0.3, -0.25) is 4.79 Å². The molecular formula is C24H23FN4O3S2. The van der Waals surface area contributed by atoms with Crippen LogP contribution >= 0.6 is 23.1 Å². The molecule has 34 heavy (non-hydrogen) atoms. The van der Waals surface area contributed by atoms with Crippen LogP contribution in [-0.2, 0) is 7.05 Å². The van der Waals surface area contributed by atoms with E-state index in [0.29, 0.717) is 33.2 Å². The highest BCUT2D eigenvalue weighted by atomic mass is 32.2. The van der Waals surface area contributed by atoms with Crippen LogP contribution in [0.3, 0.4) is 0 Å². The van der Waals surface area contributed by atoms with Gasteiger partial charge in [0.25, 0.3) is 5.56 Å². The van der Waals surface area contributed by atoms with Gasteiger partial charge in [-0.05, 0) is 37.6 Å². The van der Waals surface area contributed by atoms with Crippen LogP contribution in [-0.4, -0.2) is 35.7 Å². The monoisotopic (exact) mass is 498 g/mol. The molecule has 0 unspecified atom stereocenters. The van der Waals surface area contributed by atoms with Gasteiger partial charge in [0, 0.05) is 35.2 Å². The number of rotatable bonds is 6. The fourth-order valence-corrected chi connectivity index (χ4v) is 6.20. The summed E-state index contributed by atoms with van der Waals surface area (Å²) in [5.74, 6) is -1.65. The van der Waals surface area contributed by atoms with Crippen LogP contribution in [0.1, 0.15) is 35.6 Å². The quantitative estimate of drug-likeness (QED) is 0.362. The molecule has 0 amide bonds. The summed E-state index contributed by atoms with van der Waals surface area (Å²) in [4.78, 5) is 29.3. The molecule has 1 aromatic carbocycles. The van der Waals surface area contributed by atoms with Crippen LogP contribution in [0, 0.1) is 19.7 Å². The van der Waals surface area contributed by atoms with Crippen LogP contribution < -0.4 is 5.56 Å². The van der Waals surface area contributed by atoms with E-state index in [9.17, 15) is 19.1 Å². The molecule has 3 aromatic heterocycles. The molecule has 4 aromatic rings. The van der Waals surface area contributed by atoms with Crippen molar-refractivity contribution in [2.24, 2.45) is 7.05 Å². The second-order valence-corrected chi connectivity index (χ2v) is 11.0. The first-order valence-electron chi connectivity index (χ1n) is 10.5. The lowest BCUT2D eigenvalue weighted by Crippen LogP contribution is -2.18. The highest BCUT2D eigenvalue weighted by molar-refractivity contribution is 8.01. The minimum absolute atomic E-state index is 0.0823. The zero-order valence-electron chi connectivity index (χ0n) is 19.3. The number of carboxylic acid groups (broad SMARTS) is 1. The number of carboxylic acids is 1. The highest BCUT2D eigenvalue weighted by Gasteiger charge is 2.27. The summed E-state index contributed by atoms with van der Waals surface area (Å²) >= 11 is 2.94. The van der Waals surface area contributed by atoms with E-state index in [4.69, 9.17) is 4.98 Å². The van der Waals surface area contributed by atoms with Gasteiger partial charge in [-0.15, -0.1) is 11.8 Å². The Hall–Kier alpha value is -3.24. The molecule has 3 heterocycles. The normalized spacial score (nSPS) is 11.4. The summed E-state index contributed by atoms with van der Waals surface area (Å²) in [5, 5.41) is 15.2. The molecule has 0 fully saturated rings. The summed E-state index contributed by atoms with van der Waals surface area (Å²) in [6.07, 6.45) is 1.73. The smallest absolute Gasteiger partial charge is 0.355 e. The molecule has 0 saturated carbocycles. The van der Waals surface area contributed by atoms with Gasteiger partial charge in [-0.25, -0.2) is 14.2 Å². The molecule has 10 heteroatoms. The van der Waals surface area contributed by atoms with Crippen molar-refractivity contribution in [2.75, 3.05) is 0 Å². The number of halogens is 1. The van der Waals surface area contributed by atoms with Crippen molar-refractivity contribution >= 4 is 29.1 Å². The summed E-state index contributed by atoms with van der Waals surface area (Å²) in [6.45, 7) is 7.56. The van der Waals surface area contributed by atoms with Crippen molar-refractivity contribution in [3.05, 3.63) is 69.7 Å². The van der Waals surface area contributed by atoms with E-state index < -0.39 is 11.8 Å². The van der Waals surface area contributed by atoms with Gasteiger partial charge in [0.1, 0.15) is 5.82 Å². The number of aryl methyl sites for hydroxylation is 3. The first kappa shape index (κ1) is 23.9. The molecule has 0 spiro atoms. The number of aromatic carboxylic acids is 1.